The minimum Gasteiger partial charge on any atom is -0.497 e. The number of carbonyl (C=O) groups is 1. The van der Waals surface area contributed by atoms with Crippen molar-refractivity contribution in [1.82, 2.24) is 9.47 Å². The number of aromatic nitrogens is 1. The summed E-state index contributed by atoms with van der Waals surface area (Å²) in [5.41, 5.74) is 3.60. The van der Waals surface area contributed by atoms with Gasteiger partial charge >= 0.3 is 0 Å². The van der Waals surface area contributed by atoms with E-state index in [1.807, 2.05) is 50.2 Å². The first-order chi connectivity index (χ1) is 15.3. The first-order valence-corrected chi connectivity index (χ1v) is 12.6. The second kappa shape index (κ2) is 8.62. The van der Waals surface area contributed by atoms with Crippen LogP contribution in [0.25, 0.3) is 10.9 Å². The fraction of sp³-hybridized carbons (Fsp3) is 0.400. The number of sulfone groups is 1. The Morgan fingerprint density at radius 3 is 2.50 bits per heavy atom. The second-order valence-electron chi connectivity index (χ2n) is 8.56. The van der Waals surface area contributed by atoms with E-state index >= 15 is 0 Å². The molecule has 1 amide bonds. The fourth-order valence-electron chi connectivity index (χ4n) is 4.68. The maximum absolute atomic E-state index is 13.8. The maximum Gasteiger partial charge on any atom is 0.256 e. The highest BCUT2D eigenvalue weighted by atomic mass is 32.2. The largest absolute Gasteiger partial charge is 0.497 e. The van der Waals surface area contributed by atoms with Gasteiger partial charge in [0.15, 0.2) is 9.84 Å². The zero-order valence-electron chi connectivity index (χ0n) is 19.0. The van der Waals surface area contributed by atoms with Crippen LogP contribution in [-0.2, 0) is 16.4 Å². The summed E-state index contributed by atoms with van der Waals surface area (Å²) in [5, 5.41) is -0.266. The lowest BCUT2D eigenvalue weighted by Crippen LogP contribution is -2.53. The molecule has 2 aromatic carbocycles. The van der Waals surface area contributed by atoms with Crippen LogP contribution in [0.2, 0.25) is 0 Å². The average Bonchev–Trinajstić information content (AvgIpc) is 3.06. The van der Waals surface area contributed by atoms with Crippen molar-refractivity contribution < 1.29 is 17.9 Å². The van der Waals surface area contributed by atoms with E-state index in [4.69, 9.17) is 4.74 Å². The molecule has 4 rings (SSSR count). The van der Waals surface area contributed by atoms with E-state index in [-0.39, 0.29) is 19.0 Å². The number of hydrogen-bond donors (Lipinski definition) is 0. The van der Waals surface area contributed by atoms with Crippen molar-refractivity contribution >= 4 is 26.6 Å². The van der Waals surface area contributed by atoms with Gasteiger partial charge in [0, 0.05) is 36.2 Å². The fourth-order valence-corrected chi connectivity index (χ4v) is 6.58. The Morgan fingerprint density at radius 2 is 1.84 bits per heavy atom. The number of benzene rings is 2. The topological polar surface area (TPSA) is 68.6 Å². The number of methoxy groups -OCH3 is 1. The third-order valence-corrected chi connectivity index (χ3v) is 9.28. The van der Waals surface area contributed by atoms with E-state index < -0.39 is 20.3 Å². The predicted octanol–water partition coefficient (Wildman–Crippen LogP) is 4.04. The molecule has 1 aromatic heterocycles. The van der Waals surface area contributed by atoms with E-state index in [1.165, 1.54) is 0 Å². The number of nitrogens with zero attached hydrogens (tertiary/aromatic N) is 2. The lowest BCUT2D eigenvalue weighted by atomic mass is 10.1. The Morgan fingerprint density at radius 1 is 1.12 bits per heavy atom. The van der Waals surface area contributed by atoms with Gasteiger partial charge in [-0.05, 0) is 44.0 Å². The molecule has 0 radical (unpaired) electrons. The molecule has 1 saturated heterocycles. The van der Waals surface area contributed by atoms with Gasteiger partial charge in [0.25, 0.3) is 5.91 Å². The summed E-state index contributed by atoms with van der Waals surface area (Å²) in [4.78, 5) is 15.5. The summed E-state index contributed by atoms with van der Waals surface area (Å²) in [6.07, 6.45) is 0.499. The molecule has 1 aliphatic rings. The van der Waals surface area contributed by atoms with Gasteiger partial charge in [-0.15, -0.1) is 0 Å². The third-order valence-electron chi connectivity index (χ3n) is 6.60. The van der Waals surface area contributed by atoms with Gasteiger partial charge < -0.3 is 14.2 Å². The molecular formula is C25H30N2O4S. The molecule has 0 saturated carbocycles. The zero-order chi connectivity index (χ0) is 23.0. The Balaban J connectivity index is 1.81. The molecule has 2 atom stereocenters. The monoisotopic (exact) mass is 454 g/mol. The molecule has 0 spiro atoms. The number of rotatable bonds is 5. The molecule has 7 heteroatoms. The number of fused-ring (bicyclic) bond motifs is 1. The zero-order valence-corrected chi connectivity index (χ0v) is 19.9. The highest BCUT2D eigenvalue weighted by Gasteiger charge is 2.40. The van der Waals surface area contributed by atoms with Crippen molar-refractivity contribution in [3.05, 3.63) is 65.4 Å². The molecule has 1 fully saturated rings. The first-order valence-electron chi connectivity index (χ1n) is 11.0. The lowest BCUT2D eigenvalue weighted by Gasteiger charge is -2.36. The van der Waals surface area contributed by atoms with Crippen LogP contribution in [-0.4, -0.2) is 54.5 Å². The van der Waals surface area contributed by atoms with E-state index in [2.05, 4.69) is 16.7 Å². The van der Waals surface area contributed by atoms with Gasteiger partial charge in [-0.1, -0.05) is 37.3 Å². The van der Waals surface area contributed by atoms with Crippen molar-refractivity contribution in [2.75, 3.05) is 20.2 Å². The first kappa shape index (κ1) is 22.4. The van der Waals surface area contributed by atoms with Crippen molar-refractivity contribution in [3.8, 4) is 5.75 Å². The highest BCUT2D eigenvalue weighted by Crippen LogP contribution is 2.32. The standard InChI is InChI=1S/C25H30N2O4S/c1-5-21-16-26(14-17(2)32(21,29)30)25(28)24-18(3)27(15-19-9-7-6-8-10-19)23-12-11-20(31-4)13-22(23)24/h6-13,17,21H,5,14-16H2,1-4H3. The van der Waals surface area contributed by atoms with E-state index in [0.717, 1.165) is 22.2 Å². The van der Waals surface area contributed by atoms with Crippen molar-refractivity contribution in [2.24, 2.45) is 0 Å². The van der Waals surface area contributed by atoms with Gasteiger partial charge in [0.1, 0.15) is 5.75 Å². The normalized spacial score (nSPS) is 20.4. The molecule has 1 aliphatic heterocycles. The SMILES string of the molecule is CCC1CN(C(=O)c2c(C)n(Cc3ccccc3)c3ccc(OC)cc23)CC(C)S1(=O)=O. The van der Waals surface area contributed by atoms with Gasteiger partial charge in [0.05, 0.1) is 23.2 Å². The molecule has 32 heavy (non-hydrogen) atoms. The molecular weight excluding hydrogens is 424 g/mol. The van der Waals surface area contributed by atoms with Crippen molar-refractivity contribution in [3.63, 3.8) is 0 Å². The Kier molecular flexibility index (Phi) is 6.03. The van der Waals surface area contributed by atoms with Gasteiger partial charge in [-0.2, -0.15) is 0 Å². The minimum absolute atomic E-state index is 0.118. The van der Waals surface area contributed by atoms with Crippen LogP contribution in [0.5, 0.6) is 5.75 Å². The van der Waals surface area contributed by atoms with Crippen LogP contribution in [0.3, 0.4) is 0 Å². The smallest absolute Gasteiger partial charge is 0.256 e. The number of amides is 1. The summed E-state index contributed by atoms with van der Waals surface area (Å²) in [5.74, 6) is 0.567. The van der Waals surface area contributed by atoms with E-state index in [1.54, 1.807) is 18.9 Å². The third kappa shape index (κ3) is 3.79. The summed E-state index contributed by atoms with van der Waals surface area (Å²) in [6, 6.07) is 15.9. The Hall–Kier alpha value is -2.80. The number of carbonyl (C=O) groups excluding carboxylic acids is 1. The van der Waals surface area contributed by atoms with Crippen molar-refractivity contribution in [2.45, 2.75) is 44.2 Å². The molecule has 6 nitrogen and oxygen atoms in total. The van der Waals surface area contributed by atoms with Crippen molar-refractivity contribution in [1.29, 1.82) is 0 Å². The van der Waals surface area contributed by atoms with Crippen LogP contribution in [0.4, 0.5) is 0 Å². The summed E-state index contributed by atoms with van der Waals surface area (Å²) >= 11 is 0. The molecule has 2 heterocycles. The van der Waals surface area contributed by atoms with Crippen LogP contribution in [0.15, 0.2) is 48.5 Å². The maximum atomic E-state index is 13.8. The van der Waals surface area contributed by atoms with Crippen LogP contribution >= 0.6 is 0 Å². The highest BCUT2D eigenvalue weighted by molar-refractivity contribution is 7.92. The lowest BCUT2D eigenvalue weighted by molar-refractivity contribution is 0.0747. The molecule has 0 bridgehead atoms. The summed E-state index contributed by atoms with van der Waals surface area (Å²) in [7, 11) is -1.61. The van der Waals surface area contributed by atoms with Gasteiger partial charge in [0.2, 0.25) is 0 Å². The molecule has 0 N–H and O–H groups in total. The predicted molar refractivity (Wildman–Crippen MR) is 127 cm³/mol. The number of ether oxygens (including phenoxy) is 1. The van der Waals surface area contributed by atoms with Crippen LogP contribution < -0.4 is 4.74 Å². The number of hydrogen-bond acceptors (Lipinski definition) is 4. The van der Waals surface area contributed by atoms with E-state index in [9.17, 15) is 13.2 Å². The van der Waals surface area contributed by atoms with Crippen LogP contribution in [0.1, 0.15) is 41.9 Å². The summed E-state index contributed by atoms with van der Waals surface area (Å²) < 4.78 is 32.9. The quantitative estimate of drug-likeness (QED) is 0.583. The molecule has 2 unspecified atom stereocenters. The summed E-state index contributed by atoms with van der Waals surface area (Å²) in [6.45, 7) is 6.62. The minimum atomic E-state index is -3.22. The molecule has 170 valence electrons. The van der Waals surface area contributed by atoms with Gasteiger partial charge in [-0.3, -0.25) is 4.79 Å². The molecule has 3 aromatic rings. The Labute approximate surface area is 189 Å². The van der Waals surface area contributed by atoms with Gasteiger partial charge in [-0.25, -0.2) is 8.42 Å². The second-order valence-corrected chi connectivity index (χ2v) is 11.2. The molecule has 0 aliphatic carbocycles. The Bertz CT molecular complexity index is 1250. The van der Waals surface area contributed by atoms with E-state index in [0.29, 0.717) is 24.3 Å². The average molecular weight is 455 g/mol. The van der Waals surface area contributed by atoms with Crippen LogP contribution in [0, 0.1) is 6.92 Å².